The van der Waals surface area contributed by atoms with Crippen LogP contribution < -0.4 is 0 Å². The number of aliphatic hydroxyl groups is 1. The van der Waals surface area contributed by atoms with Crippen LogP contribution in [0.15, 0.2) is 0 Å². The number of amides is 2. The molecule has 19 heavy (non-hydrogen) atoms. The SMILES string of the molecule is CC(C)CC(CO)N1C(=O)CC2(CCCC2)CC1=O. The Hall–Kier alpha value is -0.900. The van der Waals surface area contributed by atoms with Gasteiger partial charge < -0.3 is 5.11 Å². The molecule has 1 atom stereocenters. The van der Waals surface area contributed by atoms with Crippen LogP contribution in [0.2, 0.25) is 0 Å². The van der Waals surface area contributed by atoms with Crippen LogP contribution in [0.25, 0.3) is 0 Å². The second-order valence-corrected chi connectivity index (χ2v) is 6.68. The molecular weight excluding hydrogens is 242 g/mol. The lowest BCUT2D eigenvalue weighted by atomic mass is 9.76. The van der Waals surface area contributed by atoms with E-state index in [-0.39, 0.29) is 29.9 Å². The van der Waals surface area contributed by atoms with Gasteiger partial charge >= 0.3 is 0 Å². The Balaban J connectivity index is 2.10. The minimum absolute atomic E-state index is 0.0531. The molecule has 1 saturated carbocycles. The zero-order chi connectivity index (χ0) is 14.0. The van der Waals surface area contributed by atoms with E-state index in [1.54, 1.807) is 0 Å². The Morgan fingerprint density at radius 3 is 2.11 bits per heavy atom. The van der Waals surface area contributed by atoms with Gasteiger partial charge in [-0.2, -0.15) is 0 Å². The minimum atomic E-state index is -0.334. The molecule has 2 aliphatic rings. The van der Waals surface area contributed by atoms with Gasteiger partial charge in [-0.1, -0.05) is 26.7 Å². The smallest absolute Gasteiger partial charge is 0.230 e. The summed E-state index contributed by atoms with van der Waals surface area (Å²) in [6.45, 7) is 3.96. The standard InChI is InChI=1S/C15H25NO3/c1-11(2)7-12(10-17)16-13(18)8-15(9-14(16)19)5-3-4-6-15/h11-12,17H,3-10H2,1-2H3. The van der Waals surface area contributed by atoms with Crippen LogP contribution in [-0.2, 0) is 9.59 Å². The van der Waals surface area contributed by atoms with Crippen molar-refractivity contribution in [2.75, 3.05) is 6.61 Å². The van der Waals surface area contributed by atoms with E-state index in [1.807, 2.05) is 13.8 Å². The molecule has 0 aromatic rings. The molecule has 0 radical (unpaired) electrons. The second-order valence-electron chi connectivity index (χ2n) is 6.68. The Morgan fingerprint density at radius 1 is 1.16 bits per heavy atom. The number of rotatable bonds is 4. The lowest BCUT2D eigenvalue weighted by molar-refractivity contribution is -0.157. The van der Waals surface area contributed by atoms with E-state index >= 15 is 0 Å². The largest absolute Gasteiger partial charge is 0.394 e. The van der Waals surface area contributed by atoms with Gasteiger partial charge in [0, 0.05) is 12.8 Å². The third-order valence-corrected chi connectivity index (χ3v) is 4.57. The maximum Gasteiger partial charge on any atom is 0.230 e. The maximum absolute atomic E-state index is 12.3. The fraction of sp³-hybridized carbons (Fsp3) is 0.867. The van der Waals surface area contributed by atoms with Gasteiger partial charge in [0.15, 0.2) is 0 Å². The van der Waals surface area contributed by atoms with Gasteiger partial charge in [0.05, 0.1) is 12.6 Å². The normalized spacial score (nSPS) is 24.5. The molecule has 2 fully saturated rings. The van der Waals surface area contributed by atoms with E-state index in [1.165, 1.54) is 4.90 Å². The summed E-state index contributed by atoms with van der Waals surface area (Å²) < 4.78 is 0. The Kier molecular flexibility index (Phi) is 4.29. The highest BCUT2D eigenvalue weighted by molar-refractivity contribution is 5.99. The average Bonchev–Trinajstić information content (AvgIpc) is 2.74. The van der Waals surface area contributed by atoms with Gasteiger partial charge in [-0.05, 0) is 30.6 Å². The van der Waals surface area contributed by atoms with Crippen LogP contribution in [0.5, 0.6) is 0 Å². The van der Waals surface area contributed by atoms with Gasteiger partial charge in [0.25, 0.3) is 0 Å². The fourth-order valence-electron chi connectivity index (χ4n) is 3.71. The van der Waals surface area contributed by atoms with Gasteiger partial charge in [0.2, 0.25) is 11.8 Å². The van der Waals surface area contributed by atoms with Crippen molar-refractivity contribution in [3.05, 3.63) is 0 Å². The number of piperidine rings is 1. The molecular formula is C15H25NO3. The van der Waals surface area contributed by atoms with Crippen molar-refractivity contribution in [2.24, 2.45) is 11.3 Å². The monoisotopic (exact) mass is 267 g/mol. The summed E-state index contributed by atoms with van der Waals surface area (Å²) in [5.74, 6) is 0.218. The van der Waals surface area contributed by atoms with Crippen molar-refractivity contribution < 1.29 is 14.7 Å². The summed E-state index contributed by atoms with van der Waals surface area (Å²) in [7, 11) is 0. The molecule has 4 nitrogen and oxygen atoms in total. The van der Waals surface area contributed by atoms with Crippen LogP contribution in [0.1, 0.15) is 58.8 Å². The molecule has 1 unspecified atom stereocenters. The van der Waals surface area contributed by atoms with Crippen molar-refractivity contribution in [1.29, 1.82) is 0 Å². The van der Waals surface area contributed by atoms with Crippen LogP contribution >= 0.6 is 0 Å². The topological polar surface area (TPSA) is 57.6 Å². The highest BCUT2D eigenvalue weighted by atomic mass is 16.3. The summed E-state index contributed by atoms with van der Waals surface area (Å²) in [6.07, 6.45) is 5.95. The molecule has 1 saturated heterocycles. The second kappa shape index (κ2) is 5.61. The fourth-order valence-corrected chi connectivity index (χ4v) is 3.71. The van der Waals surface area contributed by atoms with Crippen LogP contribution in [0.3, 0.4) is 0 Å². The quantitative estimate of drug-likeness (QED) is 0.794. The summed E-state index contributed by atoms with van der Waals surface area (Å²) >= 11 is 0. The molecule has 0 aromatic heterocycles. The molecule has 2 amide bonds. The van der Waals surface area contributed by atoms with E-state index in [4.69, 9.17) is 0 Å². The van der Waals surface area contributed by atoms with Crippen molar-refractivity contribution in [2.45, 2.75) is 64.8 Å². The number of imide groups is 1. The molecule has 1 N–H and O–H groups in total. The molecule has 1 aliphatic heterocycles. The highest BCUT2D eigenvalue weighted by Crippen LogP contribution is 2.47. The van der Waals surface area contributed by atoms with Crippen LogP contribution in [-0.4, -0.2) is 34.5 Å². The number of aliphatic hydroxyl groups excluding tert-OH is 1. The van der Waals surface area contributed by atoms with E-state index in [0.717, 1.165) is 25.7 Å². The lowest BCUT2D eigenvalue weighted by Crippen LogP contribution is -2.53. The van der Waals surface area contributed by atoms with Gasteiger partial charge in [-0.3, -0.25) is 14.5 Å². The van der Waals surface area contributed by atoms with Gasteiger partial charge in [-0.15, -0.1) is 0 Å². The number of likely N-dealkylation sites (tertiary alicyclic amines) is 1. The van der Waals surface area contributed by atoms with Crippen LogP contribution in [0.4, 0.5) is 0 Å². The maximum atomic E-state index is 12.3. The molecule has 4 heteroatoms. The Morgan fingerprint density at radius 2 is 1.68 bits per heavy atom. The molecule has 1 spiro atoms. The molecule has 0 aromatic carbocycles. The highest BCUT2D eigenvalue weighted by Gasteiger charge is 2.46. The van der Waals surface area contributed by atoms with E-state index in [9.17, 15) is 14.7 Å². The summed E-state index contributed by atoms with van der Waals surface area (Å²) in [5.41, 5.74) is -0.0531. The third-order valence-electron chi connectivity index (χ3n) is 4.57. The van der Waals surface area contributed by atoms with Crippen molar-refractivity contribution in [3.8, 4) is 0 Å². The first-order chi connectivity index (χ1) is 8.97. The first-order valence-electron chi connectivity index (χ1n) is 7.43. The minimum Gasteiger partial charge on any atom is -0.394 e. The molecule has 0 bridgehead atoms. The first kappa shape index (κ1) is 14.5. The van der Waals surface area contributed by atoms with Crippen molar-refractivity contribution in [3.63, 3.8) is 0 Å². The molecule has 108 valence electrons. The average molecular weight is 267 g/mol. The first-order valence-corrected chi connectivity index (χ1v) is 7.43. The van der Waals surface area contributed by atoms with Gasteiger partial charge in [0.1, 0.15) is 0 Å². The Bertz CT molecular complexity index is 338. The third kappa shape index (κ3) is 2.99. The lowest BCUT2D eigenvalue weighted by Gasteiger charge is -2.40. The van der Waals surface area contributed by atoms with Crippen molar-refractivity contribution >= 4 is 11.8 Å². The summed E-state index contributed by atoms with van der Waals surface area (Å²) in [6, 6.07) is -0.334. The molecule has 1 heterocycles. The van der Waals surface area contributed by atoms with E-state index in [2.05, 4.69) is 0 Å². The number of nitrogens with zero attached hydrogens (tertiary/aromatic N) is 1. The number of hydrogen-bond donors (Lipinski definition) is 1. The molecule has 1 aliphatic carbocycles. The zero-order valence-electron chi connectivity index (χ0n) is 12.0. The Labute approximate surface area is 115 Å². The molecule has 2 rings (SSSR count). The number of carbonyl (C=O) groups excluding carboxylic acids is 2. The van der Waals surface area contributed by atoms with Crippen LogP contribution in [0, 0.1) is 11.3 Å². The zero-order valence-corrected chi connectivity index (χ0v) is 12.0. The van der Waals surface area contributed by atoms with E-state index in [0.29, 0.717) is 25.2 Å². The summed E-state index contributed by atoms with van der Waals surface area (Å²) in [5, 5.41) is 9.47. The number of carbonyl (C=O) groups is 2. The van der Waals surface area contributed by atoms with E-state index < -0.39 is 0 Å². The summed E-state index contributed by atoms with van der Waals surface area (Å²) in [4.78, 5) is 26.0. The number of hydrogen-bond acceptors (Lipinski definition) is 3. The predicted octanol–water partition coefficient (Wildman–Crippen LogP) is 2.10. The van der Waals surface area contributed by atoms with Crippen molar-refractivity contribution in [1.82, 2.24) is 4.90 Å². The van der Waals surface area contributed by atoms with Gasteiger partial charge in [-0.25, -0.2) is 0 Å². The predicted molar refractivity (Wildman–Crippen MR) is 72.3 cm³/mol.